The Balaban J connectivity index is 2.26. The van der Waals surface area contributed by atoms with Crippen molar-refractivity contribution in [1.82, 2.24) is 5.32 Å². The molecule has 0 spiro atoms. The summed E-state index contributed by atoms with van der Waals surface area (Å²) in [6.45, 7) is 4.41. The van der Waals surface area contributed by atoms with E-state index in [-0.39, 0.29) is 21.4 Å². The van der Waals surface area contributed by atoms with Crippen molar-refractivity contribution in [2.75, 3.05) is 11.3 Å². The molecular weight excluding hydrogens is 360 g/mol. The first-order chi connectivity index (χ1) is 11.8. The van der Waals surface area contributed by atoms with Gasteiger partial charge in [0.05, 0.1) is 15.5 Å². The van der Waals surface area contributed by atoms with E-state index >= 15 is 0 Å². The van der Waals surface area contributed by atoms with Gasteiger partial charge in [-0.25, -0.2) is 8.42 Å². The number of anilines is 1. The molecule has 0 fully saturated rings. The molecule has 0 aliphatic rings. The topological polar surface area (TPSA) is 75.3 Å². The van der Waals surface area contributed by atoms with Crippen LogP contribution in [0.1, 0.15) is 35.7 Å². The van der Waals surface area contributed by atoms with Crippen LogP contribution in [0.2, 0.25) is 5.02 Å². The summed E-state index contributed by atoms with van der Waals surface area (Å²) in [5.74, 6) is -0.383. The third-order valence-corrected chi connectivity index (χ3v) is 5.29. The van der Waals surface area contributed by atoms with Crippen LogP contribution in [0.3, 0.4) is 0 Å². The molecule has 0 saturated heterocycles. The molecule has 5 nitrogen and oxygen atoms in total. The normalized spacial score (nSPS) is 11.2. The molecule has 25 heavy (non-hydrogen) atoms. The highest BCUT2D eigenvalue weighted by Crippen LogP contribution is 2.23. The number of hydrogen-bond donors (Lipinski definition) is 2. The Bertz CT molecular complexity index is 866. The molecule has 0 bridgehead atoms. The van der Waals surface area contributed by atoms with Gasteiger partial charge in [0, 0.05) is 12.2 Å². The van der Waals surface area contributed by atoms with E-state index in [0.717, 1.165) is 18.4 Å². The summed E-state index contributed by atoms with van der Waals surface area (Å²) in [6, 6.07) is 11.1. The summed E-state index contributed by atoms with van der Waals surface area (Å²) in [5.41, 5.74) is 1.54. The van der Waals surface area contributed by atoms with Crippen LogP contribution in [-0.2, 0) is 10.0 Å². The standard InChI is InChI=1S/C18H21ClN2O3S/c1-3-4-10-20-18(22)16-12-15(8-9-17(16)19)25(23,24)21-14-7-5-6-13(2)11-14/h5-9,11-12,21H,3-4,10H2,1-2H3,(H,20,22). The van der Waals surface area contributed by atoms with Crippen molar-refractivity contribution >= 4 is 33.2 Å². The monoisotopic (exact) mass is 380 g/mol. The zero-order valence-electron chi connectivity index (χ0n) is 14.2. The molecule has 1 amide bonds. The summed E-state index contributed by atoms with van der Waals surface area (Å²) in [6.07, 6.45) is 1.79. The Morgan fingerprint density at radius 1 is 1.16 bits per heavy atom. The van der Waals surface area contributed by atoms with Crippen LogP contribution in [0.25, 0.3) is 0 Å². The quantitative estimate of drug-likeness (QED) is 0.713. The van der Waals surface area contributed by atoms with Gasteiger partial charge in [0.1, 0.15) is 0 Å². The number of rotatable bonds is 7. The van der Waals surface area contributed by atoms with Crippen LogP contribution in [0.5, 0.6) is 0 Å². The van der Waals surface area contributed by atoms with Gasteiger partial charge < -0.3 is 5.32 Å². The van der Waals surface area contributed by atoms with Gasteiger partial charge in [-0.3, -0.25) is 9.52 Å². The third kappa shape index (κ3) is 5.21. The summed E-state index contributed by atoms with van der Waals surface area (Å²) < 4.78 is 27.7. The van der Waals surface area contributed by atoms with Crippen molar-refractivity contribution in [2.24, 2.45) is 0 Å². The molecule has 0 aliphatic carbocycles. The zero-order valence-corrected chi connectivity index (χ0v) is 15.7. The Morgan fingerprint density at radius 2 is 1.92 bits per heavy atom. The number of unbranched alkanes of at least 4 members (excludes halogenated alkanes) is 1. The van der Waals surface area contributed by atoms with Gasteiger partial charge in [0.15, 0.2) is 0 Å². The molecule has 2 N–H and O–H groups in total. The van der Waals surface area contributed by atoms with Crippen LogP contribution >= 0.6 is 11.6 Å². The Hall–Kier alpha value is -2.05. The molecule has 0 aromatic heterocycles. The highest BCUT2D eigenvalue weighted by Gasteiger charge is 2.19. The molecule has 0 saturated carbocycles. The fourth-order valence-electron chi connectivity index (χ4n) is 2.24. The lowest BCUT2D eigenvalue weighted by atomic mass is 10.2. The van der Waals surface area contributed by atoms with Gasteiger partial charge in [0.25, 0.3) is 15.9 Å². The van der Waals surface area contributed by atoms with Gasteiger partial charge in [-0.2, -0.15) is 0 Å². The average molecular weight is 381 g/mol. The van der Waals surface area contributed by atoms with E-state index < -0.39 is 10.0 Å². The molecule has 7 heteroatoms. The SMILES string of the molecule is CCCCNC(=O)c1cc(S(=O)(=O)Nc2cccc(C)c2)ccc1Cl. The minimum atomic E-state index is -3.82. The molecule has 0 atom stereocenters. The van der Waals surface area contributed by atoms with Crippen molar-refractivity contribution < 1.29 is 13.2 Å². The molecule has 2 rings (SSSR count). The van der Waals surface area contributed by atoms with Gasteiger partial charge in [0.2, 0.25) is 0 Å². The largest absolute Gasteiger partial charge is 0.352 e. The number of amides is 1. The first-order valence-corrected chi connectivity index (χ1v) is 9.87. The van der Waals surface area contributed by atoms with Gasteiger partial charge in [-0.1, -0.05) is 37.1 Å². The summed E-state index contributed by atoms with van der Waals surface area (Å²) in [4.78, 5) is 12.2. The maximum absolute atomic E-state index is 12.6. The maximum atomic E-state index is 12.6. The molecule has 0 aliphatic heterocycles. The van der Waals surface area contributed by atoms with Crippen molar-refractivity contribution in [2.45, 2.75) is 31.6 Å². The first kappa shape index (κ1) is 19.3. The van der Waals surface area contributed by atoms with Crippen LogP contribution < -0.4 is 10.0 Å². The van der Waals surface area contributed by atoms with Crippen molar-refractivity contribution in [3.8, 4) is 0 Å². The Morgan fingerprint density at radius 3 is 2.60 bits per heavy atom. The summed E-state index contributed by atoms with van der Waals surface area (Å²) >= 11 is 6.06. The molecule has 134 valence electrons. The second-order valence-electron chi connectivity index (χ2n) is 5.73. The molecule has 0 radical (unpaired) electrons. The van der Waals surface area contributed by atoms with E-state index in [2.05, 4.69) is 10.0 Å². The van der Waals surface area contributed by atoms with Crippen LogP contribution in [0.4, 0.5) is 5.69 Å². The zero-order chi connectivity index (χ0) is 18.4. The number of carbonyl (C=O) groups is 1. The van der Waals surface area contributed by atoms with E-state index in [4.69, 9.17) is 11.6 Å². The number of aryl methyl sites for hydroxylation is 1. The molecular formula is C18H21ClN2O3S. The fourth-order valence-corrected chi connectivity index (χ4v) is 3.52. The summed E-state index contributed by atoms with van der Waals surface area (Å²) in [7, 11) is -3.82. The van der Waals surface area contributed by atoms with E-state index in [1.165, 1.54) is 18.2 Å². The lowest BCUT2D eigenvalue weighted by Gasteiger charge is -2.11. The van der Waals surface area contributed by atoms with Crippen LogP contribution in [0, 0.1) is 6.92 Å². The predicted molar refractivity (Wildman–Crippen MR) is 101 cm³/mol. The van der Waals surface area contributed by atoms with E-state index in [0.29, 0.717) is 12.2 Å². The van der Waals surface area contributed by atoms with Gasteiger partial charge in [-0.05, 0) is 49.2 Å². The smallest absolute Gasteiger partial charge is 0.261 e. The highest BCUT2D eigenvalue weighted by atomic mass is 35.5. The molecule has 0 heterocycles. The predicted octanol–water partition coefficient (Wildman–Crippen LogP) is 3.98. The molecule has 2 aromatic carbocycles. The number of hydrogen-bond acceptors (Lipinski definition) is 3. The van der Waals surface area contributed by atoms with Gasteiger partial charge in [-0.15, -0.1) is 0 Å². The van der Waals surface area contributed by atoms with E-state index in [1.54, 1.807) is 18.2 Å². The fraction of sp³-hybridized carbons (Fsp3) is 0.278. The Labute approximate surface area is 153 Å². The van der Waals surface area contributed by atoms with Crippen molar-refractivity contribution in [1.29, 1.82) is 0 Å². The summed E-state index contributed by atoms with van der Waals surface area (Å²) in [5, 5.41) is 2.95. The van der Waals surface area contributed by atoms with Crippen molar-refractivity contribution in [3.63, 3.8) is 0 Å². The minimum Gasteiger partial charge on any atom is -0.352 e. The maximum Gasteiger partial charge on any atom is 0.261 e. The second-order valence-corrected chi connectivity index (χ2v) is 7.82. The number of carbonyl (C=O) groups excluding carboxylic acids is 1. The third-order valence-electron chi connectivity index (χ3n) is 3.58. The number of halogens is 1. The number of benzene rings is 2. The van der Waals surface area contributed by atoms with E-state index in [1.807, 2.05) is 19.9 Å². The van der Waals surface area contributed by atoms with Crippen molar-refractivity contribution in [3.05, 3.63) is 58.6 Å². The Kier molecular flexibility index (Phi) is 6.45. The van der Waals surface area contributed by atoms with E-state index in [9.17, 15) is 13.2 Å². The number of sulfonamides is 1. The highest BCUT2D eigenvalue weighted by molar-refractivity contribution is 7.92. The lowest BCUT2D eigenvalue weighted by molar-refractivity contribution is 0.0953. The lowest BCUT2D eigenvalue weighted by Crippen LogP contribution is -2.25. The molecule has 2 aromatic rings. The first-order valence-electron chi connectivity index (χ1n) is 8.00. The van der Waals surface area contributed by atoms with Gasteiger partial charge >= 0.3 is 0 Å². The minimum absolute atomic E-state index is 0.0148. The second kappa shape index (κ2) is 8.36. The average Bonchev–Trinajstić information content (AvgIpc) is 2.54. The van der Waals surface area contributed by atoms with Crippen LogP contribution in [-0.4, -0.2) is 20.9 Å². The van der Waals surface area contributed by atoms with Crippen LogP contribution in [0.15, 0.2) is 47.4 Å². The number of nitrogens with one attached hydrogen (secondary N) is 2. The molecule has 0 unspecified atom stereocenters.